The Hall–Kier alpha value is -0.780. The van der Waals surface area contributed by atoms with Crippen LogP contribution in [0, 0.1) is 5.92 Å². The van der Waals surface area contributed by atoms with Gasteiger partial charge in [0, 0.05) is 12.5 Å². The van der Waals surface area contributed by atoms with Gasteiger partial charge in [0.2, 0.25) is 5.91 Å². The molecule has 1 saturated heterocycles. The lowest BCUT2D eigenvalue weighted by Gasteiger charge is -2.32. The van der Waals surface area contributed by atoms with Crippen molar-refractivity contribution >= 4 is 5.91 Å². The van der Waals surface area contributed by atoms with E-state index in [1.165, 1.54) is 4.90 Å². The molecule has 0 unspecified atom stereocenters. The fraction of sp³-hybridized carbons (Fsp3) is 0.929. The molecule has 2 rings (SSSR count). The number of aliphatic hydroxyl groups is 1. The van der Waals surface area contributed by atoms with E-state index >= 15 is 0 Å². The van der Waals surface area contributed by atoms with Gasteiger partial charge in [-0.3, -0.25) is 4.79 Å². The van der Waals surface area contributed by atoms with Crippen molar-refractivity contribution in [2.24, 2.45) is 5.92 Å². The highest BCUT2D eigenvalue weighted by Gasteiger charge is 2.48. The monoisotopic (exact) mass is 293 g/mol. The van der Waals surface area contributed by atoms with Crippen molar-refractivity contribution in [1.82, 2.24) is 4.90 Å². The van der Waals surface area contributed by atoms with Gasteiger partial charge in [-0.05, 0) is 25.7 Å². The van der Waals surface area contributed by atoms with Gasteiger partial charge in [0.25, 0.3) is 0 Å². The normalized spacial score (nSPS) is 27.4. The lowest BCUT2D eigenvalue weighted by atomic mass is 9.97. The molecule has 0 aromatic carbocycles. The fourth-order valence-electron chi connectivity index (χ4n) is 3.37. The highest BCUT2D eigenvalue weighted by Crippen LogP contribution is 2.33. The Morgan fingerprint density at radius 1 is 1.05 bits per heavy atom. The summed E-state index contributed by atoms with van der Waals surface area (Å²) >= 11 is 0. The third kappa shape index (κ3) is 3.45. The molecule has 1 aliphatic carbocycles. The van der Waals surface area contributed by atoms with Crippen molar-refractivity contribution in [3.63, 3.8) is 0 Å². The summed E-state index contributed by atoms with van der Waals surface area (Å²) in [5.41, 5.74) is 0. The first kappa shape index (κ1) is 15.6. The van der Waals surface area contributed by atoms with Crippen LogP contribution in [0.1, 0.15) is 51.4 Å². The molecule has 1 heterocycles. The molecule has 0 spiro atoms. The van der Waals surface area contributed by atoms with Gasteiger partial charge < -0.3 is 10.0 Å². The summed E-state index contributed by atoms with van der Waals surface area (Å²) < 4.78 is 38.0. The summed E-state index contributed by atoms with van der Waals surface area (Å²) in [6, 6.07) is -1.09. The van der Waals surface area contributed by atoms with Crippen LogP contribution in [-0.4, -0.2) is 40.8 Å². The van der Waals surface area contributed by atoms with Crippen LogP contribution in [0.25, 0.3) is 0 Å². The summed E-state index contributed by atoms with van der Waals surface area (Å²) in [6.45, 7) is 0.340. The molecule has 6 heteroatoms. The number of amides is 1. The zero-order valence-electron chi connectivity index (χ0n) is 11.5. The number of halogens is 3. The quantitative estimate of drug-likeness (QED) is 0.795. The van der Waals surface area contributed by atoms with Gasteiger partial charge in [0.05, 0.1) is 6.04 Å². The Morgan fingerprint density at radius 2 is 1.65 bits per heavy atom. The maximum absolute atomic E-state index is 12.7. The second-order valence-corrected chi connectivity index (χ2v) is 5.92. The second-order valence-electron chi connectivity index (χ2n) is 5.92. The lowest BCUT2D eigenvalue weighted by molar-refractivity contribution is -0.219. The zero-order chi connectivity index (χ0) is 14.8. The number of carbonyl (C=O) groups excluding carboxylic acids is 1. The van der Waals surface area contributed by atoms with Crippen LogP contribution in [0.2, 0.25) is 0 Å². The third-order valence-corrected chi connectivity index (χ3v) is 4.49. The van der Waals surface area contributed by atoms with Crippen LogP contribution in [-0.2, 0) is 4.79 Å². The van der Waals surface area contributed by atoms with Crippen molar-refractivity contribution in [2.75, 3.05) is 6.54 Å². The zero-order valence-corrected chi connectivity index (χ0v) is 11.5. The SMILES string of the molecule is O=C(C1CCCCCC1)N1CCC[C@@H]1[C@H](O)C(F)(F)F. The second kappa shape index (κ2) is 6.33. The van der Waals surface area contributed by atoms with E-state index in [1.54, 1.807) is 0 Å². The number of nitrogens with zero attached hydrogens (tertiary/aromatic N) is 1. The Morgan fingerprint density at radius 3 is 2.20 bits per heavy atom. The minimum Gasteiger partial charge on any atom is -0.382 e. The number of aliphatic hydroxyl groups excluding tert-OH is 1. The standard InChI is InChI=1S/C14H22F3NO2/c15-14(16,17)12(19)11-8-5-9-18(11)13(20)10-6-3-1-2-4-7-10/h10-12,19H,1-9H2/t11-,12+/m1/s1. The minimum atomic E-state index is -4.66. The molecule has 0 radical (unpaired) electrons. The average Bonchev–Trinajstić information content (AvgIpc) is 2.70. The van der Waals surface area contributed by atoms with E-state index in [9.17, 15) is 23.1 Å². The number of carbonyl (C=O) groups is 1. The third-order valence-electron chi connectivity index (χ3n) is 4.49. The van der Waals surface area contributed by atoms with Crippen LogP contribution in [0.5, 0.6) is 0 Å². The van der Waals surface area contributed by atoms with E-state index < -0.39 is 18.3 Å². The van der Waals surface area contributed by atoms with E-state index in [0.29, 0.717) is 13.0 Å². The predicted molar refractivity (Wildman–Crippen MR) is 68.0 cm³/mol. The average molecular weight is 293 g/mol. The van der Waals surface area contributed by atoms with Gasteiger partial charge >= 0.3 is 6.18 Å². The highest BCUT2D eigenvalue weighted by atomic mass is 19.4. The maximum Gasteiger partial charge on any atom is 0.416 e. The first-order valence-corrected chi connectivity index (χ1v) is 7.46. The Balaban J connectivity index is 2.04. The predicted octanol–water partition coefficient (Wildman–Crippen LogP) is 2.87. The minimum absolute atomic E-state index is 0.154. The van der Waals surface area contributed by atoms with Gasteiger partial charge in [-0.2, -0.15) is 13.2 Å². The molecule has 2 atom stereocenters. The van der Waals surface area contributed by atoms with Crippen LogP contribution in [0.4, 0.5) is 13.2 Å². The van der Waals surface area contributed by atoms with Gasteiger partial charge in [0.15, 0.2) is 6.10 Å². The molecule has 2 fully saturated rings. The van der Waals surface area contributed by atoms with E-state index in [0.717, 1.165) is 38.5 Å². The van der Waals surface area contributed by atoms with Gasteiger partial charge in [-0.1, -0.05) is 25.7 Å². The van der Waals surface area contributed by atoms with Crippen LogP contribution in [0.15, 0.2) is 0 Å². The summed E-state index contributed by atoms with van der Waals surface area (Å²) in [5, 5.41) is 9.44. The maximum atomic E-state index is 12.7. The molecule has 1 saturated carbocycles. The van der Waals surface area contributed by atoms with Crippen molar-refractivity contribution in [2.45, 2.75) is 69.7 Å². The molecule has 1 amide bonds. The summed E-state index contributed by atoms with van der Waals surface area (Å²) in [7, 11) is 0. The van der Waals surface area contributed by atoms with E-state index in [2.05, 4.69) is 0 Å². The number of hydrogen-bond donors (Lipinski definition) is 1. The molecular formula is C14H22F3NO2. The first-order valence-electron chi connectivity index (χ1n) is 7.46. The topological polar surface area (TPSA) is 40.5 Å². The van der Waals surface area contributed by atoms with Crippen molar-refractivity contribution in [3.05, 3.63) is 0 Å². The van der Waals surface area contributed by atoms with Crippen molar-refractivity contribution in [1.29, 1.82) is 0 Å². The summed E-state index contributed by atoms with van der Waals surface area (Å²) in [5.74, 6) is -0.337. The number of hydrogen-bond acceptors (Lipinski definition) is 2. The van der Waals surface area contributed by atoms with E-state index in [4.69, 9.17) is 0 Å². The highest BCUT2D eigenvalue weighted by molar-refractivity contribution is 5.79. The van der Waals surface area contributed by atoms with Gasteiger partial charge in [0.1, 0.15) is 0 Å². The van der Waals surface area contributed by atoms with Crippen molar-refractivity contribution < 1.29 is 23.1 Å². The van der Waals surface area contributed by atoms with Gasteiger partial charge in [-0.15, -0.1) is 0 Å². The smallest absolute Gasteiger partial charge is 0.382 e. The molecule has 0 aromatic rings. The molecule has 1 aliphatic heterocycles. The molecule has 0 aromatic heterocycles. The number of alkyl halides is 3. The number of rotatable bonds is 2. The van der Waals surface area contributed by atoms with Crippen molar-refractivity contribution in [3.8, 4) is 0 Å². The Kier molecular flexibility index (Phi) is 4.94. The molecular weight excluding hydrogens is 271 g/mol. The fourth-order valence-corrected chi connectivity index (χ4v) is 3.37. The molecule has 2 aliphatic rings. The molecule has 3 nitrogen and oxygen atoms in total. The van der Waals surface area contributed by atoms with Crippen LogP contribution in [0.3, 0.4) is 0 Å². The van der Waals surface area contributed by atoms with Crippen LogP contribution >= 0.6 is 0 Å². The molecule has 20 heavy (non-hydrogen) atoms. The summed E-state index contributed by atoms with van der Waals surface area (Å²) in [6.07, 6.45) is -0.634. The van der Waals surface area contributed by atoms with E-state index in [-0.39, 0.29) is 18.2 Å². The Labute approximate surface area is 117 Å². The largest absolute Gasteiger partial charge is 0.416 e. The van der Waals surface area contributed by atoms with Gasteiger partial charge in [-0.25, -0.2) is 0 Å². The molecule has 0 bridgehead atoms. The molecule has 116 valence electrons. The first-order chi connectivity index (χ1) is 9.41. The molecule has 1 N–H and O–H groups in total. The van der Waals surface area contributed by atoms with E-state index in [1.807, 2.05) is 0 Å². The lowest BCUT2D eigenvalue weighted by Crippen LogP contribution is -2.50. The Bertz CT molecular complexity index is 338. The summed E-state index contributed by atoms with van der Waals surface area (Å²) in [4.78, 5) is 13.7. The van der Waals surface area contributed by atoms with Crippen LogP contribution < -0.4 is 0 Å². The number of likely N-dealkylation sites (tertiary alicyclic amines) is 1.